The van der Waals surface area contributed by atoms with Crippen molar-refractivity contribution in [3.8, 4) is 17.0 Å². The third-order valence-corrected chi connectivity index (χ3v) is 8.28. The minimum atomic E-state index is -0.0985. The molecule has 1 aliphatic carbocycles. The van der Waals surface area contributed by atoms with Gasteiger partial charge in [0.05, 0.1) is 36.8 Å². The molecule has 3 aromatic rings. The molecule has 37 heavy (non-hydrogen) atoms. The second kappa shape index (κ2) is 9.25. The van der Waals surface area contributed by atoms with Crippen molar-refractivity contribution in [1.82, 2.24) is 30.0 Å². The first-order valence-corrected chi connectivity index (χ1v) is 13.5. The van der Waals surface area contributed by atoms with Crippen LogP contribution in [0.15, 0.2) is 30.6 Å². The van der Waals surface area contributed by atoms with Gasteiger partial charge in [-0.15, -0.1) is 10.2 Å². The molecule has 7 rings (SSSR count). The van der Waals surface area contributed by atoms with Gasteiger partial charge in [-0.05, 0) is 44.0 Å². The molecule has 10 heteroatoms. The standard InChI is InChI=1S/C27H33N7O3/c1-17(19-12-26(35)28-13-19)37-24-11-18(10-23-27(24)34(16-29-23)20-2-3-20)22-4-5-25(31-30-22)33-8-6-32(7-9-33)21-14-36-15-21/h4-5,10-11,16-17,19-21H,2-3,6-9,12-15H2,1H3,(H,28,35)/t17-,19-/m1/s1. The number of ether oxygens (including phenoxy) is 2. The number of nitrogens with zero attached hydrogens (tertiary/aromatic N) is 6. The Morgan fingerprint density at radius 1 is 1.08 bits per heavy atom. The smallest absolute Gasteiger partial charge is 0.220 e. The van der Waals surface area contributed by atoms with E-state index in [0.717, 1.165) is 73.3 Å². The van der Waals surface area contributed by atoms with Gasteiger partial charge in [0.1, 0.15) is 17.4 Å². The molecule has 1 amide bonds. The quantitative estimate of drug-likeness (QED) is 0.525. The Balaban J connectivity index is 1.13. The van der Waals surface area contributed by atoms with E-state index in [4.69, 9.17) is 14.5 Å². The number of imidazole rings is 1. The van der Waals surface area contributed by atoms with Crippen LogP contribution >= 0.6 is 0 Å². The Morgan fingerprint density at radius 2 is 1.92 bits per heavy atom. The highest BCUT2D eigenvalue weighted by Crippen LogP contribution is 2.41. The number of piperazine rings is 1. The molecular weight excluding hydrogens is 470 g/mol. The number of hydrogen-bond acceptors (Lipinski definition) is 8. The normalized spacial score (nSPS) is 23.8. The monoisotopic (exact) mass is 503 g/mol. The van der Waals surface area contributed by atoms with Crippen LogP contribution in [0.3, 0.4) is 0 Å². The van der Waals surface area contributed by atoms with Crippen molar-refractivity contribution < 1.29 is 14.3 Å². The Hall–Kier alpha value is -3.24. The van der Waals surface area contributed by atoms with Crippen LogP contribution in [0, 0.1) is 5.92 Å². The van der Waals surface area contributed by atoms with Gasteiger partial charge in [0, 0.05) is 56.7 Å². The van der Waals surface area contributed by atoms with Gasteiger partial charge in [-0.25, -0.2) is 4.98 Å². The number of aromatic nitrogens is 4. The van der Waals surface area contributed by atoms with Gasteiger partial charge in [0.25, 0.3) is 0 Å². The van der Waals surface area contributed by atoms with Gasteiger partial charge in [0.2, 0.25) is 5.91 Å². The number of amides is 1. The zero-order valence-corrected chi connectivity index (χ0v) is 21.2. The molecule has 194 valence electrons. The number of rotatable bonds is 7. The fourth-order valence-electron chi connectivity index (χ4n) is 5.65. The highest BCUT2D eigenvalue weighted by atomic mass is 16.5. The molecule has 3 aliphatic heterocycles. The topological polar surface area (TPSA) is 97.6 Å². The van der Waals surface area contributed by atoms with Gasteiger partial charge < -0.3 is 24.3 Å². The third kappa shape index (κ3) is 4.42. The molecule has 10 nitrogen and oxygen atoms in total. The lowest BCUT2D eigenvalue weighted by molar-refractivity contribution is -0.119. The maximum absolute atomic E-state index is 11.8. The van der Waals surface area contributed by atoms with Crippen LogP contribution in [-0.4, -0.2) is 88.6 Å². The summed E-state index contributed by atoms with van der Waals surface area (Å²) in [5.41, 5.74) is 3.65. The van der Waals surface area contributed by atoms with E-state index in [1.54, 1.807) is 0 Å². The Labute approximate surface area is 215 Å². The van der Waals surface area contributed by atoms with E-state index < -0.39 is 0 Å². The van der Waals surface area contributed by atoms with Crippen molar-refractivity contribution in [2.75, 3.05) is 50.8 Å². The fourth-order valence-corrected chi connectivity index (χ4v) is 5.65. The zero-order valence-electron chi connectivity index (χ0n) is 21.2. The zero-order chi connectivity index (χ0) is 24.9. The summed E-state index contributed by atoms with van der Waals surface area (Å²) in [5, 5.41) is 12.1. The highest BCUT2D eigenvalue weighted by Gasteiger charge is 2.31. The fraction of sp³-hybridized carbons (Fsp3) is 0.556. The van der Waals surface area contributed by atoms with E-state index in [1.807, 2.05) is 19.3 Å². The molecule has 1 saturated carbocycles. The lowest BCUT2D eigenvalue weighted by Crippen LogP contribution is -2.56. The van der Waals surface area contributed by atoms with Gasteiger partial charge >= 0.3 is 0 Å². The molecule has 0 spiro atoms. The van der Waals surface area contributed by atoms with E-state index in [2.05, 4.69) is 48.1 Å². The van der Waals surface area contributed by atoms with Crippen LogP contribution in [0.5, 0.6) is 5.75 Å². The van der Waals surface area contributed by atoms with Crippen molar-refractivity contribution in [3.63, 3.8) is 0 Å². The number of fused-ring (bicyclic) bond motifs is 1. The predicted molar refractivity (Wildman–Crippen MR) is 139 cm³/mol. The van der Waals surface area contributed by atoms with Crippen molar-refractivity contribution >= 4 is 22.8 Å². The van der Waals surface area contributed by atoms with Gasteiger partial charge in [0.15, 0.2) is 5.82 Å². The van der Waals surface area contributed by atoms with E-state index in [0.29, 0.717) is 25.0 Å². The van der Waals surface area contributed by atoms with Crippen LogP contribution in [0.4, 0.5) is 5.82 Å². The van der Waals surface area contributed by atoms with Crippen LogP contribution in [-0.2, 0) is 9.53 Å². The summed E-state index contributed by atoms with van der Waals surface area (Å²) < 4.78 is 14.1. The van der Waals surface area contributed by atoms with Crippen LogP contribution < -0.4 is 15.0 Å². The molecule has 0 bridgehead atoms. The summed E-state index contributed by atoms with van der Waals surface area (Å²) in [7, 11) is 0. The number of carbonyl (C=O) groups excluding carboxylic acids is 1. The second-order valence-corrected chi connectivity index (χ2v) is 10.8. The van der Waals surface area contributed by atoms with Gasteiger partial charge in [-0.1, -0.05) is 0 Å². The molecule has 0 radical (unpaired) electrons. The Morgan fingerprint density at radius 3 is 2.57 bits per heavy atom. The lowest BCUT2D eigenvalue weighted by Gasteiger charge is -2.42. The van der Waals surface area contributed by atoms with Crippen molar-refractivity contribution in [1.29, 1.82) is 0 Å². The molecule has 1 aromatic carbocycles. The Kier molecular flexibility index (Phi) is 5.73. The number of carbonyl (C=O) groups is 1. The van der Waals surface area contributed by atoms with Crippen molar-refractivity contribution in [2.45, 2.75) is 44.4 Å². The summed E-state index contributed by atoms with van der Waals surface area (Å²) >= 11 is 0. The molecule has 2 aromatic heterocycles. The number of anilines is 1. The van der Waals surface area contributed by atoms with Crippen LogP contribution in [0.1, 0.15) is 32.2 Å². The molecule has 5 heterocycles. The summed E-state index contributed by atoms with van der Waals surface area (Å²) in [6.07, 6.45) is 4.66. The summed E-state index contributed by atoms with van der Waals surface area (Å²) in [5.74, 6) is 1.96. The Bertz CT molecular complexity index is 1290. The molecule has 2 atom stereocenters. The predicted octanol–water partition coefficient (Wildman–Crippen LogP) is 2.25. The summed E-state index contributed by atoms with van der Waals surface area (Å²) in [6, 6.07) is 9.32. The maximum Gasteiger partial charge on any atom is 0.220 e. The van der Waals surface area contributed by atoms with E-state index in [1.165, 1.54) is 12.8 Å². The average molecular weight is 504 g/mol. The molecule has 4 aliphatic rings. The molecule has 4 fully saturated rings. The van der Waals surface area contributed by atoms with Crippen LogP contribution in [0.2, 0.25) is 0 Å². The third-order valence-electron chi connectivity index (χ3n) is 8.28. The van der Waals surface area contributed by atoms with Crippen molar-refractivity contribution in [2.24, 2.45) is 5.92 Å². The first-order valence-electron chi connectivity index (χ1n) is 13.5. The molecule has 3 saturated heterocycles. The first-order chi connectivity index (χ1) is 18.1. The minimum Gasteiger partial charge on any atom is -0.488 e. The number of hydrogen-bond donors (Lipinski definition) is 1. The van der Waals surface area contributed by atoms with Crippen molar-refractivity contribution in [3.05, 3.63) is 30.6 Å². The van der Waals surface area contributed by atoms with Gasteiger partial charge in [-0.2, -0.15) is 0 Å². The number of benzene rings is 1. The average Bonchev–Trinajstić information content (AvgIpc) is 3.48. The minimum absolute atomic E-state index is 0.0937. The van der Waals surface area contributed by atoms with E-state index in [-0.39, 0.29) is 17.9 Å². The number of nitrogens with one attached hydrogen (secondary N) is 1. The summed E-state index contributed by atoms with van der Waals surface area (Å²) in [6.45, 7) is 8.37. The van der Waals surface area contributed by atoms with E-state index in [9.17, 15) is 4.79 Å². The first kappa shape index (κ1) is 22.9. The van der Waals surface area contributed by atoms with E-state index >= 15 is 0 Å². The molecule has 0 unspecified atom stereocenters. The molecule has 1 N–H and O–H groups in total. The SMILES string of the molecule is C[C@@H](Oc1cc(-c2ccc(N3CCN(C4COC4)CC3)nn2)cc2ncn(C3CC3)c12)[C@H]1CNC(=O)C1. The maximum atomic E-state index is 11.8. The highest BCUT2D eigenvalue weighted by molar-refractivity contribution is 5.87. The molecular formula is C27H33N7O3. The largest absolute Gasteiger partial charge is 0.488 e. The summed E-state index contributed by atoms with van der Waals surface area (Å²) in [4.78, 5) is 21.3. The second-order valence-electron chi connectivity index (χ2n) is 10.8. The van der Waals surface area contributed by atoms with Gasteiger partial charge in [-0.3, -0.25) is 9.69 Å². The van der Waals surface area contributed by atoms with Crippen LogP contribution in [0.25, 0.3) is 22.3 Å². The lowest BCUT2D eigenvalue weighted by atomic mass is 10.0.